The summed E-state index contributed by atoms with van der Waals surface area (Å²) >= 11 is 0. The average Bonchev–Trinajstić information content (AvgIpc) is 2.44. The van der Waals surface area contributed by atoms with Crippen LogP contribution >= 0.6 is 0 Å². The van der Waals surface area contributed by atoms with Gasteiger partial charge in [-0.1, -0.05) is 0 Å². The van der Waals surface area contributed by atoms with Crippen LogP contribution in [0.5, 0.6) is 5.75 Å². The molecule has 6 nitrogen and oxygen atoms in total. The van der Waals surface area contributed by atoms with Gasteiger partial charge in [0.2, 0.25) is 0 Å². The molecule has 0 saturated carbocycles. The van der Waals surface area contributed by atoms with E-state index in [1.807, 2.05) is 0 Å². The lowest BCUT2D eigenvalue weighted by Crippen LogP contribution is -2.37. The fraction of sp³-hybridized carbons (Fsp3) is 0.385. The van der Waals surface area contributed by atoms with E-state index in [2.05, 4.69) is 0 Å². The Balaban J connectivity index is 2.74. The summed E-state index contributed by atoms with van der Waals surface area (Å²) in [5.74, 6) is -0.931. The van der Waals surface area contributed by atoms with Crippen LogP contribution in [0.15, 0.2) is 24.3 Å². The van der Waals surface area contributed by atoms with Crippen LogP contribution in [0, 0.1) is 0 Å². The maximum Gasteiger partial charge on any atom is 0.255 e. The highest BCUT2D eigenvalue weighted by Crippen LogP contribution is 2.14. The van der Waals surface area contributed by atoms with Gasteiger partial charge in [0.15, 0.2) is 6.61 Å². The summed E-state index contributed by atoms with van der Waals surface area (Å²) in [6.07, 6.45) is -2.68. The number of ether oxygens (including phenoxy) is 1. The Hall–Kier alpha value is -2.22. The molecule has 0 radical (unpaired) electrons. The minimum Gasteiger partial charge on any atom is -0.484 e. The lowest BCUT2D eigenvalue weighted by atomic mass is 10.2. The highest BCUT2D eigenvalue weighted by atomic mass is 19.3. The minimum absolute atomic E-state index is 0.176. The number of hydrogen-bond donors (Lipinski definition) is 2. The monoisotopic (exact) mass is 302 g/mol. The lowest BCUT2D eigenvalue weighted by molar-refractivity contribution is -0.119. The van der Waals surface area contributed by atoms with Crippen LogP contribution in [0.25, 0.3) is 0 Å². The van der Waals surface area contributed by atoms with Crippen LogP contribution in [0.3, 0.4) is 0 Å². The Morgan fingerprint density at radius 2 is 1.90 bits per heavy atom. The number of rotatable bonds is 8. The highest BCUT2D eigenvalue weighted by Gasteiger charge is 2.19. The SMILES string of the molecule is NC(=O)COc1ccc(C(=O)N(CCO)CC(F)F)cc1. The van der Waals surface area contributed by atoms with E-state index < -0.39 is 31.4 Å². The molecule has 0 aliphatic carbocycles. The van der Waals surface area contributed by atoms with Gasteiger partial charge in [-0.25, -0.2) is 8.78 Å². The van der Waals surface area contributed by atoms with Crippen LogP contribution < -0.4 is 10.5 Å². The standard InChI is InChI=1S/C13H16F2N2O4/c14-11(15)7-17(5-6-18)13(20)9-1-3-10(4-2-9)21-8-12(16)19/h1-4,11,18H,5-8H2,(H2,16,19). The third kappa shape index (κ3) is 5.74. The second kappa shape index (κ2) is 8.15. The summed E-state index contributed by atoms with van der Waals surface area (Å²) in [4.78, 5) is 23.4. The maximum atomic E-state index is 12.4. The van der Waals surface area contributed by atoms with Crippen molar-refractivity contribution in [1.29, 1.82) is 0 Å². The molecule has 0 aromatic heterocycles. The quantitative estimate of drug-likeness (QED) is 0.720. The van der Waals surface area contributed by atoms with Crippen molar-refractivity contribution in [2.24, 2.45) is 5.73 Å². The Kier molecular flexibility index (Phi) is 6.54. The Morgan fingerprint density at radius 3 is 2.38 bits per heavy atom. The Labute approximate surface area is 120 Å². The Bertz CT molecular complexity index is 480. The van der Waals surface area contributed by atoms with Crippen LogP contribution in [-0.4, -0.2) is 54.5 Å². The van der Waals surface area contributed by atoms with Gasteiger partial charge in [-0.15, -0.1) is 0 Å². The molecule has 0 unspecified atom stereocenters. The predicted octanol–water partition coefficient (Wildman–Crippen LogP) is 0.250. The zero-order valence-electron chi connectivity index (χ0n) is 11.2. The smallest absolute Gasteiger partial charge is 0.255 e. The molecule has 2 amide bonds. The number of aliphatic hydroxyl groups excluding tert-OH is 1. The van der Waals surface area contributed by atoms with E-state index in [9.17, 15) is 18.4 Å². The number of primary amides is 1. The summed E-state index contributed by atoms with van der Waals surface area (Å²) in [6, 6.07) is 5.62. The molecule has 3 N–H and O–H groups in total. The number of nitrogens with two attached hydrogens (primary N) is 1. The number of alkyl halides is 2. The Morgan fingerprint density at radius 1 is 1.29 bits per heavy atom. The van der Waals surface area contributed by atoms with Crippen LogP contribution in [-0.2, 0) is 4.79 Å². The summed E-state index contributed by atoms with van der Waals surface area (Å²) in [5.41, 5.74) is 5.09. The molecule has 0 aliphatic rings. The molecule has 0 saturated heterocycles. The fourth-order valence-corrected chi connectivity index (χ4v) is 1.59. The van der Waals surface area contributed by atoms with Crippen molar-refractivity contribution >= 4 is 11.8 Å². The third-order valence-corrected chi connectivity index (χ3v) is 2.50. The number of halogens is 2. The topological polar surface area (TPSA) is 92.9 Å². The number of carbonyl (C=O) groups is 2. The zero-order chi connectivity index (χ0) is 15.8. The second-order valence-electron chi connectivity index (χ2n) is 4.15. The van der Waals surface area contributed by atoms with Crippen LogP contribution in [0.2, 0.25) is 0 Å². The highest BCUT2D eigenvalue weighted by molar-refractivity contribution is 5.94. The molecule has 116 valence electrons. The molecular formula is C13H16F2N2O4. The van der Waals surface area contributed by atoms with Gasteiger partial charge in [0.25, 0.3) is 18.2 Å². The second-order valence-corrected chi connectivity index (χ2v) is 4.15. The molecule has 8 heteroatoms. The lowest BCUT2D eigenvalue weighted by Gasteiger charge is -2.21. The van der Waals surface area contributed by atoms with Gasteiger partial charge in [0, 0.05) is 12.1 Å². The first-order valence-corrected chi connectivity index (χ1v) is 6.13. The van der Waals surface area contributed by atoms with Crippen molar-refractivity contribution < 1.29 is 28.2 Å². The first-order valence-electron chi connectivity index (χ1n) is 6.13. The van der Waals surface area contributed by atoms with Gasteiger partial charge >= 0.3 is 0 Å². The number of carbonyl (C=O) groups excluding carboxylic acids is 2. The molecule has 0 heterocycles. The van der Waals surface area contributed by atoms with Crippen molar-refractivity contribution in [2.75, 3.05) is 26.3 Å². The first kappa shape index (κ1) is 16.8. The molecule has 0 spiro atoms. The molecule has 1 aromatic rings. The number of amides is 2. The van der Waals surface area contributed by atoms with Crippen molar-refractivity contribution in [3.63, 3.8) is 0 Å². The van der Waals surface area contributed by atoms with Gasteiger partial charge < -0.3 is 20.5 Å². The first-order chi connectivity index (χ1) is 9.93. The molecule has 0 bridgehead atoms. The molecule has 21 heavy (non-hydrogen) atoms. The van der Waals surface area contributed by atoms with Crippen molar-refractivity contribution in [3.8, 4) is 5.75 Å². The van der Waals surface area contributed by atoms with E-state index in [0.717, 1.165) is 4.90 Å². The van der Waals surface area contributed by atoms with Crippen LogP contribution in [0.4, 0.5) is 8.78 Å². The number of benzene rings is 1. The molecule has 0 aliphatic heterocycles. The van der Waals surface area contributed by atoms with E-state index >= 15 is 0 Å². The van der Waals surface area contributed by atoms with E-state index in [1.165, 1.54) is 24.3 Å². The number of hydrogen-bond acceptors (Lipinski definition) is 4. The largest absolute Gasteiger partial charge is 0.484 e. The van der Waals surface area contributed by atoms with Crippen molar-refractivity contribution in [2.45, 2.75) is 6.43 Å². The fourth-order valence-electron chi connectivity index (χ4n) is 1.59. The van der Waals surface area contributed by atoms with Crippen molar-refractivity contribution in [3.05, 3.63) is 29.8 Å². The van der Waals surface area contributed by atoms with Gasteiger partial charge in [-0.3, -0.25) is 9.59 Å². The van der Waals surface area contributed by atoms with E-state index in [1.54, 1.807) is 0 Å². The predicted molar refractivity (Wildman–Crippen MR) is 70.1 cm³/mol. The molecule has 0 fully saturated rings. The van der Waals surface area contributed by atoms with Crippen LogP contribution in [0.1, 0.15) is 10.4 Å². The molecule has 1 rings (SSSR count). The minimum atomic E-state index is -2.68. The number of nitrogens with zero attached hydrogens (tertiary/aromatic N) is 1. The molecule has 1 aromatic carbocycles. The maximum absolute atomic E-state index is 12.4. The van der Waals surface area contributed by atoms with Gasteiger partial charge in [-0.2, -0.15) is 0 Å². The molecule has 0 atom stereocenters. The van der Waals surface area contributed by atoms with E-state index in [0.29, 0.717) is 5.75 Å². The molecular weight excluding hydrogens is 286 g/mol. The normalized spacial score (nSPS) is 10.5. The van der Waals surface area contributed by atoms with Gasteiger partial charge in [-0.05, 0) is 24.3 Å². The summed E-state index contributed by atoms with van der Waals surface area (Å²) in [5, 5.41) is 8.81. The van der Waals surface area contributed by atoms with E-state index in [-0.39, 0.29) is 18.7 Å². The third-order valence-electron chi connectivity index (χ3n) is 2.50. The van der Waals surface area contributed by atoms with Crippen molar-refractivity contribution in [1.82, 2.24) is 4.90 Å². The van der Waals surface area contributed by atoms with E-state index in [4.69, 9.17) is 15.6 Å². The van der Waals surface area contributed by atoms with Gasteiger partial charge in [0.05, 0.1) is 13.2 Å². The average molecular weight is 302 g/mol. The van der Waals surface area contributed by atoms with Gasteiger partial charge in [0.1, 0.15) is 5.75 Å². The summed E-state index contributed by atoms with van der Waals surface area (Å²) in [7, 11) is 0. The summed E-state index contributed by atoms with van der Waals surface area (Å²) < 4.78 is 29.8. The summed E-state index contributed by atoms with van der Waals surface area (Å²) in [6.45, 7) is -1.63. The zero-order valence-corrected chi connectivity index (χ0v) is 11.2. The number of aliphatic hydroxyl groups is 1.